The largest absolute Gasteiger partial charge is 0.497 e. The number of amides is 2. The minimum absolute atomic E-state index is 0.00506. The van der Waals surface area contributed by atoms with Crippen LogP contribution in [0.2, 0.25) is 0 Å². The number of carbonyl (C=O) groups is 2. The van der Waals surface area contributed by atoms with E-state index in [1.54, 1.807) is 26.0 Å². The lowest BCUT2D eigenvalue weighted by molar-refractivity contribution is -0.130. The van der Waals surface area contributed by atoms with E-state index in [2.05, 4.69) is 15.5 Å². The maximum Gasteiger partial charge on any atom is 0.232 e. The fraction of sp³-hybridized carbons (Fsp3) is 0.474. The highest BCUT2D eigenvalue weighted by atomic mass is 16.5. The number of nitrogens with zero attached hydrogens (tertiary/aromatic N) is 3. The summed E-state index contributed by atoms with van der Waals surface area (Å²) in [4.78, 5) is 30.9. The normalized spacial score (nSPS) is 19.1. The molecule has 0 spiro atoms. The van der Waals surface area contributed by atoms with Crippen molar-refractivity contribution in [1.29, 1.82) is 0 Å². The molecule has 0 saturated carbocycles. The topological polar surface area (TPSA) is 97.6 Å². The number of likely N-dealkylation sites (tertiary alicyclic amines) is 1. The molecule has 2 amide bonds. The third kappa shape index (κ3) is 4.27. The van der Waals surface area contributed by atoms with Gasteiger partial charge in [0, 0.05) is 26.6 Å². The van der Waals surface area contributed by atoms with Crippen molar-refractivity contribution >= 4 is 11.8 Å². The van der Waals surface area contributed by atoms with Crippen LogP contribution in [0.1, 0.15) is 29.6 Å². The van der Waals surface area contributed by atoms with Crippen LogP contribution in [0.5, 0.6) is 5.75 Å². The van der Waals surface area contributed by atoms with E-state index in [0.29, 0.717) is 37.6 Å². The van der Waals surface area contributed by atoms with E-state index in [4.69, 9.17) is 9.26 Å². The fourth-order valence-electron chi connectivity index (χ4n) is 3.41. The Balaban J connectivity index is 1.67. The van der Waals surface area contributed by atoms with Crippen LogP contribution in [0.4, 0.5) is 0 Å². The summed E-state index contributed by atoms with van der Waals surface area (Å²) in [6.45, 7) is 2.48. The quantitative estimate of drug-likeness (QED) is 0.821. The van der Waals surface area contributed by atoms with Gasteiger partial charge in [-0.05, 0) is 31.0 Å². The number of aromatic nitrogens is 2. The maximum absolute atomic E-state index is 12.7. The second-order valence-electron chi connectivity index (χ2n) is 6.66. The number of hydrogen-bond donors (Lipinski definition) is 1. The molecule has 0 aliphatic carbocycles. The molecule has 0 bridgehead atoms. The number of hydrogen-bond acceptors (Lipinski definition) is 6. The van der Waals surface area contributed by atoms with E-state index < -0.39 is 5.92 Å². The van der Waals surface area contributed by atoms with Gasteiger partial charge in [0.05, 0.1) is 18.9 Å². The van der Waals surface area contributed by atoms with Crippen LogP contribution < -0.4 is 10.1 Å². The molecule has 1 aromatic carbocycles. The molecule has 2 heterocycles. The SMILES string of the molecule is CNC(=O)[C@@H]1CN(C(=O)CCc2cccc(OC)c2)C[C@H]1c1nc(C)no1. The van der Waals surface area contributed by atoms with Gasteiger partial charge in [-0.1, -0.05) is 17.3 Å². The lowest BCUT2D eigenvalue weighted by atomic mass is 9.95. The molecule has 1 N–H and O–H groups in total. The van der Waals surface area contributed by atoms with Gasteiger partial charge >= 0.3 is 0 Å². The Morgan fingerprint density at radius 3 is 2.85 bits per heavy atom. The molecule has 0 radical (unpaired) electrons. The Morgan fingerprint density at radius 1 is 1.37 bits per heavy atom. The van der Waals surface area contributed by atoms with Crippen molar-refractivity contribution in [2.24, 2.45) is 5.92 Å². The first-order valence-corrected chi connectivity index (χ1v) is 8.94. The van der Waals surface area contributed by atoms with Crippen LogP contribution >= 0.6 is 0 Å². The molecular weight excluding hydrogens is 348 g/mol. The molecule has 1 aliphatic heterocycles. The highest BCUT2D eigenvalue weighted by molar-refractivity contribution is 5.83. The van der Waals surface area contributed by atoms with E-state index in [0.717, 1.165) is 11.3 Å². The number of ether oxygens (including phenoxy) is 1. The zero-order valence-electron chi connectivity index (χ0n) is 15.8. The van der Waals surface area contributed by atoms with Gasteiger partial charge in [0.1, 0.15) is 5.75 Å². The second kappa shape index (κ2) is 8.20. The summed E-state index contributed by atoms with van der Waals surface area (Å²) in [6.07, 6.45) is 0.977. The van der Waals surface area contributed by atoms with Crippen molar-refractivity contribution in [3.05, 3.63) is 41.5 Å². The van der Waals surface area contributed by atoms with Gasteiger partial charge in [0.15, 0.2) is 5.82 Å². The fourth-order valence-corrected chi connectivity index (χ4v) is 3.41. The smallest absolute Gasteiger partial charge is 0.232 e. The van der Waals surface area contributed by atoms with Crippen molar-refractivity contribution in [3.8, 4) is 5.75 Å². The van der Waals surface area contributed by atoms with Gasteiger partial charge in [-0.25, -0.2) is 0 Å². The molecule has 1 saturated heterocycles. The predicted molar refractivity (Wildman–Crippen MR) is 97.2 cm³/mol. The van der Waals surface area contributed by atoms with Crippen LogP contribution in [-0.4, -0.2) is 54.1 Å². The third-order valence-corrected chi connectivity index (χ3v) is 4.88. The third-order valence-electron chi connectivity index (χ3n) is 4.88. The molecule has 8 heteroatoms. The molecule has 27 heavy (non-hydrogen) atoms. The lowest BCUT2D eigenvalue weighted by Crippen LogP contribution is -2.33. The molecule has 1 aliphatic rings. The molecular formula is C19H24N4O4. The number of rotatable bonds is 6. The Labute approximate surface area is 157 Å². The number of carbonyl (C=O) groups excluding carboxylic acids is 2. The van der Waals surface area contributed by atoms with E-state index in [1.807, 2.05) is 24.3 Å². The maximum atomic E-state index is 12.7. The van der Waals surface area contributed by atoms with Crippen LogP contribution in [-0.2, 0) is 16.0 Å². The lowest BCUT2D eigenvalue weighted by Gasteiger charge is -2.16. The van der Waals surface area contributed by atoms with Crippen LogP contribution in [0.3, 0.4) is 0 Å². The van der Waals surface area contributed by atoms with Gasteiger partial charge in [-0.3, -0.25) is 9.59 Å². The molecule has 1 fully saturated rings. The van der Waals surface area contributed by atoms with Crippen LogP contribution in [0.15, 0.2) is 28.8 Å². The summed E-state index contributed by atoms with van der Waals surface area (Å²) in [5, 5.41) is 6.47. The number of benzene rings is 1. The summed E-state index contributed by atoms with van der Waals surface area (Å²) in [5.74, 6) is 0.896. The first kappa shape index (κ1) is 18.9. The monoisotopic (exact) mass is 372 g/mol. The first-order valence-electron chi connectivity index (χ1n) is 8.94. The van der Waals surface area contributed by atoms with E-state index in [1.165, 1.54) is 0 Å². The Morgan fingerprint density at radius 2 is 2.19 bits per heavy atom. The van der Waals surface area contributed by atoms with Gasteiger partial charge in [0.25, 0.3) is 0 Å². The average Bonchev–Trinajstić information content (AvgIpc) is 3.32. The van der Waals surface area contributed by atoms with Gasteiger partial charge in [-0.2, -0.15) is 4.98 Å². The number of aryl methyl sites for hydroxylation is 2. The predicted octanol–water partition coefficient (Wildman–Crippen LogP) is 1.31. The van der Waals surface area contributed by atoms with E-state index >= 15 is 0 Å². The van der Waals surface area contributed by atoms with Crippen LogP contribution in [0.25, 0.3) is 0 Å². The Hall–Kier alpha value is -2.90. The summed E-state index contributed by atoms with van der Waals surface area (Å²) < 4.78 is 10.5. The summed E-state index contributed by atoms with van der Waals surface area (Å²) >= 11 is 0. The average molecular weight is 372 g/mol. The van der Waals surface area contributed by atoms with E-state index in [9.17, 15) is 9.59 Å². The summed E-state index contributed by atoms with van der Waals surface area (Å²) in [6, 6.07) is 7.67. The first-order chi connectivity index (χ1) is 13.0. The van der Waals surface area contributed by atoms with Crippen molar-refractivity contribution < 1.29 is 18.8 Å². The van der Waals surface area contributed by atoms with Gasteiger partial charge < -0.3 is 19.5 Å². The number of nitrogens with one attached hydrogen (secondary N) is 1. The molecule has 2 atom stereocenters. The van der Waals surface area contributed by atoms with Crippen molar-refractivity contribution in [3.63, 3.8) is 0 Å². The van der Waals surface area contributed by atoms with Gasteiger partial charge in [0.2, 0.25) is 17.7 Å². The Bertz CT molecular complexity index is 820. The highest BCUT2D eigenvalue weighted by Crippen LogP contribution is 2.32. The van der Waals surface area contributed by atoms with Gasteiger partial charge in [-0.15, -0.1) is 0 Å². The standard InChI is InChI=1S/C19H24N4O4/c1-12-21-19(27-22-12)16-11-23(10-15(16)18(25)20-2)17(24)8-7-13-5-4-6-14(9-13)26-3/h4-6,9,15-16H,7-8,10-11H2,1-3H3,(H,20,25)/t15-,16-/m1/s1. The van der Waals surface area contributed by atoms with Crippen molar-refractivity contribution in [2.45, 2.75) is 25.7 Å². The molecule has 2 aromatic rings. The summed E-state index contributed by atoms with van der Waals surface area (Å²) in [5.41, 5.74) is 1.04. The highest BCUT2D eigenvalue weighted by Gasteiger charge is 2.42. The zero-order valence-corrected chi connectivity index (χ0v) is 15.8. The zero-order chi connectivity index (χ0) is 19.4. The van der Waals surface area contributed by atoms with Crippen LogP contribution in [0, 0.1) is 12.8 Å². The molecule has 0 unspecified atom stereocenters. The molecule has 8 nitrogen and oxygen atoms in total. The minimum Gasteiger partial charge on any atom is -0.497 e. The van der Waals surface area contributed by atoms with Crippen molar-refractivity contribution in [1.82, 2.24) is 20.4 Å². The van der Waals surface area contributed by atoms with Crippen molar-refractivity contribution in [2.75, 3.05) is 27.2 Å². The molecule has 3 rings (SSSR count). The molecule has 144 valence electrons. The van der Waals surface area contributed by atoms with E-state index in [-0.39, 0.29) is 17.7 Å². The second-order valence-corrected chi connectivity index (χ2v) is 6.66. The number of methoxy groups -OCH3 is 1. The summed E-state index contributed by atoms with van der Waals surface area (Å²) in [7, 11) is 3.21. The molecule has 1 aromatic heterocycles. The Kier molecular flexibility index (Phi) is 5.73. The minimum atomic E-state index is -0.393.